The fourth-order valence-corrected chi connectivity index (χ4v) is 4.98. The molecule has 2 aromatic rings. The van der Waals surface area contributed by atoms with Crippen LogP contribution in [0.5, 0.6) is 5.75 Å². The standard InChI is InChI=1S/C24H30N4O5S/c1-18(2)33-23-9-8-21(34(30,31)28-10-12-32-13-11-28)14-22(23)26-24(29)17-27(3)16-20-6-4-19(15-25)5-7-20/h4-9,14,18H,10-13,16-17H2,1-3H3,(H,26,29). The van der Waals surface area contributed by atoms with Gasteiger partial charge in [0, 0.05) is 19.6 Å². The smallest absolute Gasteiger partial charge is 0.243 e. The van der Waals surface area contributed by atoms with E-state index in [0.29, 0.717) is 36.8 Å². The molecular weight excluding hydrogens is 456 g/mol. The third kappa shape index (κ3) is 6.77. The number of hydrogen-bond donors (Lipinski definition) is 1. The summed E-state index contributed by atoms with van der Waals surface area (Å²) >= 11 is 0. The predicted molar refractivity (Wildman–Crippen MR) is 128 cm³/mol. The molecule has 1 aliphatic rings. The number of ether oxygens (including phenoxy) is 2. The van der Waals surface area contributed by atoms with Crippen molar-refractivity contribution in [3.05, 3.63) is 53.6 Å². The molecular formula is C24H30N4O5S. The van der Waals surface area contributed by atoms with E-state index in [2.05, 4.69) is 11.4 Å². The predicted octanol–water partition coefficient (Wildman–Crippen LogP) is 2.44. The minimum Gasteiger partial charge on any atom is -0.489 e. The molecule has 1 N–H and O–H groups in total. The molecule has 1 heterocycles. The molecule has 0 spiro atoms. The van der Waals surface area contributed by atoms with Gasteiger partial charge in [-0.1, -0.05) is 12.1 Å². The maximum Gasteiger partial charge on any atom is 0.243 e. The van der Waals surface area contributed by atoms with Gasteiger partial charge in [-0.3, -0.25) is 9.69 Å². The summed E-state index contributed by atoms with van der Waals surface area (Å²) < 4.78 is 38.6. The quantitative estimate of drug-likeness (QED) is 0.579. The molecule has 1 amide bonds. The largest absolute Gasteiger partial charge is 0.489 e. The van der Waals surface area contributed by atoms with Gasteiger partial charge in [-0.2, -0.15) is 9.57 Å². The van der Waals surface area contributed by atoms with Gasteiger partial charge in [0.15, 0.2) is 0 Å². The number of rotatable bonds is 9. The Morgan fingerprint density at radius 3 is 2.50 bits per heavy atom. The van der Waals surface area contributed by atoms with E-state index in [1.807, 2.05) is 37.9 Å². The molecule has 1 fully saturated rings. The molecule has 9 nitrogen and oxygen atoms in total. The lowest BCUT2D eigenvalue weighted by Crippen LogP contribution is -2.40. The summed E-state index contributed by atoms with van der Waals surface area (Å²) in [4.78, 5) is 14.7. The van der Waals surface area contributed by atoms with E-state index in [-0.39, 0.29) is 36.5 Å². The number of anilines is 1. The molecule has 34 heavy (non-hydrogen) atoms. The molecule has 3 rings (SSSR count). The SMILES string of the molecule is CC(C)Oc1ccc(S(=O)(=O)N2CCOCC2)cc1NC(=O)CN(C)Cc1ccc(C#N)cc1. The van der Waals surface area contributed by atoms with E-state index in [9.17, 15) is 13.2 Å². The minimum atomic E-state index is -3.72. The molecule has 0 radical (unpaired) electrons. The fraction of sp³-hybridized carbons (Fsp3) is 0.417. The number of nitriles is 1. The van der Waals surface area contributed by atoms with Crippen molar-refractivity contribution in [3.63, 3.8) is 0 Å². The van der Waals surface area contributed by atoms with Crippen molar-refractivity contribution >= 4 is 21.6 Å². The molecule has 1 saturated heterocycles. The Labute approximate surface area is 200 Å². The van der Waals surface area contributed by atoms with Gasteiger partial charge in [0.05, 0.1) is 48.1 Å². The van der Waals surface area contributed by atoms with E-state index in [4.69, 9.17) is 14.7 Å². The Morgan fingerprint density at radius 1 is 1.21 bits per heavy atom. The lowest BCUT2D eigenvalue weighted by atomic mass is 10.1. The molecule has 0 unspecified atom stereocenters. The Balaban J connectivity index is 1.74. The monoisotopic (exact) mass is 486 g/mol. The van der Waals surface area contributed by atoms with Gasteiger partial charge < -0.3 is 14.8 Å². The molecule has 0 bridgehead atoms. The molecule has 2 aromatic carbocycles. The summed E-state index contributed by atoms with van der Waals surface area (Å²) in [5.41, 5.74) is 1.85. The number of nitrogens with one attached hydrogen (secondary N) is 1. The first-order chi connectivity index (χ1) is 16.2. The first-order valence-electron chi connectivity index (χ1n) is 11.0. The summed E-state index contributed by atoms with van der Waals surface area (Å²) in [6.45, 7) is 5.58. The van der Waals surface area contributed by atoms with Crippen LogP contribution in [-0.2, 0) is 26.1 Å². The Bertz CT molecular complexity index is 1140. The molecule has 182 valence electrons. The zero-order chi connectivity index (χ0) is 24.7. The Kier molecular flexibility index (Phi) is 8.63. The zero-order valence-corrected chi connectivity index (χ0v) is 20.5. The van der Waals surface area contributed by atoms with Crippen LogP contribution in [0.1, 0.15) is 25.0 Å². The topological polar surface area (TPSA) is 112 Å². The average molecular weight is 487 g/mol. The summed E-state index contributed by atoms with van der Waals surface area (Å²) in [5, 5.41) is 11.7. The molecule has 1 aliphatic heterocycles. The van der Waals surface area contributed by atoms with Crippen LogP contribution in [0.25, 0.3) is 0 Å². The minimum absolute atomic E-state index is 0.0849. The van der Waals surface area contributed by atoms with Crippen molar-refractivity contribution in [1.29, 1.82) is 5.26 Å². The molecule has 0 aliphatic carbocycles. The molecule has 0 aromatic heterocycles. The van der Waals surface area contributed by atoms with Gasteiger partial charge in [-0.05, 0) is 56.8 Å². The third-order valence-electron chi connectivity index (χ3n) is 5.14. The van der Waals surface area contributed by atoms with Gasteiger partial charge in [-0.15, -0.1) is 0 Å². The second kappa shape index (κ2) is 11.4. The average Bonchev–Trinajstić information content (AvgIpc) is 2.80. The van der Waals surface area contributed by atoms with Crippen LogP contribution >= 0.6 is 0 Å². The lowest BCUT2D eigenvalue weighted by Gasteiger charge is -2.26. The zero-order valence-electron chi connectivity index (χ0n) is 19.7. The third-order valence-corrected chi connectivity index (χ3v) is 7.04. The van der Waals surface area contributed by atoms with Crippen LogP contribution in [-0.4, -0.2) is 69.5 Å². The van der Waals surface area contributed by atoms with Crippen LogP contribution in [0.2, 0.25) is 0 Å². The summed E-state index contributed by atoms with van der Waals surface area (Å²) in [6.07, 6.45) is -0.156. The molecule has 0 atom stereocenters. The van der Waals surface area contributed by atoms with Crippen LogP contribution in [0, 0.1) is 11.3 Å². The first-order valence-corrected chi connectivity index (χ1v) is 12.5. The molecule has 10 heteroatoms. The van der Waals surface area contributed by atoms with Crippen molar-refractivity contribution in [2.75, 3.05) is 45.2 Å². The normalized spacial score (nSPS) is 14.7. The van der Waals surface area contributed by atoms with Crippen molar-refractivity contribution in [2.45, 2.75) is 31.4 Å². The van der Waals surface area contributed by atoms with E-state index in [1.165, 1.54) is 16.4 Å². The van der Waals surface area contributed by atoms with Crippen molar-refractivity contribution in [2.24, 2.45) is 0 Å². The number of carbonyl (C=O) groups is 1. The summed E-state index contributed by atoms with van der Waals surface area (Å²) in [7, 11) is -1.91. The Hall–Kier alpha value is -2.97. The number of amides is 1. The number of benzene rings is 2. The number of morpholine rings is 1. The fourth-order valence-electron chi connectivity index (χ4n) is 3.55. The molecule has 0 saturated carbocycles. The van der Waals surface area contributed by atoms with Crippen LogP contribution < -0.4 is 10.1 Å². The van der Waals surface area contributed by atoms with Crippen LogP contribution in [0.3, 0.4) is 0 Å². The second-order valence-corrected chi connectivity index (χ2v) is 10.3. The highest BCUT2D eigenvalue weighted by molar-refractivity contribution is 7.89. The van der Waals surface area contributed by atoms with Gasteiger partial charge in [0.2, 0.25) is 15.9 Å². The maximum atomic E-state index is 13.1. The van der Waals surface area contributed by atoms with Gasteiger partial charge >= 0.3 is 0 Å². The van der Waals surface area contributed by atoms with Gasteiger partial charge in [0.25, 0.3) is 0 Å². The van der Waals surface area contributed by atoms with Crippen molar-refractivity contribution < 1.29 is 22.7 Å². The van der Waals surface area contributed by atoms with Crippen molar-refractivity contribution in [1.82, 2.24) is 9.21 Å². The highest BCUT2D eigenvalue weighted by atomic mass is 32.2. The van der Waals surface area contributed by atoms with E-state index in [0.717, 1.165) is 5.56 Å². The number of likely N-dealkylation sites (N-methyl/N-ethyl adjacent to an activating group) is 1. The highest BCUT2D eigenvalue weighted by Crippen LogP contribution is 2.30. The van der Waals surface area contributed by atoms with E-state index < -0.39 is 10.0 Å². The number of nitrogens with zero attached hydrogens (tertiary/aromatic N) is 3. The lowest BCUT2D eigenvalue weighted by molar-refractivity contribution is -0.117. The van der Waals surface area contributed by atoms with Crippen LogP contribution in [0.15, 0.2) is 47.4 Å². The van der Waals surface area contributed by atoms with Crippen molar-refractivity contribution in [3.8, 4) is 11.8 Å². The second-order valence-electron chi connectivity index (χ2n) is 8.37. The van der Waals surface area contributed by atoms with E-state index in [1.54, 1.807) is 18.2 Å². The Morgan fingerprint density at radius 2 is 1.88 bits per heavy atom. The van der Waals surface area contributed by atoms with Crippen LogP contribution in [0.4, 0.5) is 5.69 Å². The number of carbonyl (C=O) groups excluding carboxylic acids is 1. The number of hydrogen-bond acceptors (Lipinski definition) is 7. The first kappa shape index (κ1) is 25.6. The van der Waals surface area contributed by atoms with E-state index >= 15 is 0 Å². The summed E-state index contributed by atoms with van der Waals surface area (Å²) in [6, 6.07) is 13.8. The summed E-state index contributed by atoms with van der Waals surface area (Å²) in [5.74, 6) is 0.102. The number of sulfonamides is 1. The maximum absolute atomic E-state index is 13.1. The highest BCUT2D eigenvalue weighted by Gasteiger charge is 2.27. The van der Waals surface area contributed by atoms with Gasteiger partial charge in [-0.25, -0.2) is 8.42 Å². The van der Waals surface area contributed by atoms with Gasteiger partial charge in [0.1, 0.15) is 5.75 Å².